The first-order chi connectivity index (χ1) is 9.35. The minimum atomic E-state index is 0.520. The molecule has 3 rings (SSSR count). The number of rotatable bonds is 5. The maximum atomic E-state index is 6.54. The smallest absolute Gasteiger partial charge is 0.0665 e. The summed E-state index contributed by atoms with van der Waals surface area (Å²) < 4.78 is 6.54. The molecule has 3 aliphatic rings. The fraction of sp³-hybridized carbons (Fsp3) is 1.00. The van der Waals surface area contributed by atoms with Crippen LogP contribution in [0.5, 0.6) is 0 Å². The first-order valence-electron chi connectivity index (χ1n) is 8.74. The molecular formula is C17H31NO. The molecule has 0 heterocycles. The van der Waals surface area contributed by atoms with Crippen LogP contribution in [0.2, 0.25) is 0 Å². The Balaban J connectivity index is 1.56. The first-order valence-corrected chi connectivity index (χ1v) is 8.74. The van der Waals surface area contributed by atoms with Gasteiger partial charge in [0.2, 0.25) is 0 Å². The minimum Gasteiger partial charge on any atom is -0.374 e. The lowest BCUT2D eigenvalue weighted by Crippen LogP contribution is -2.63. The van der Waals surface area contributed by atoms with Crippen molar-refractivity contribution in [3.8, 4) is 0 Å². The van der Waals surface area contributed by atoms with Gasteiger partial charge < -0.3 is 10.1 Å². The zero-order valence-corrected chi connectivity index (χ0v) is 12.6. The van der Waals surface area contributed by atoms with Crippen molar-refractivity contribution in [1.29, 1.82) is 0 Å². The normalized spacial score (nSPS) is 34.6. The summed E-state index contributed by atoms with van der Waals surface area (Å²) in [6, 6.07) is 0.753. The summed E-state index contributed by atoms with van der Waals surface area (Å²) in [5, 5.41) is 3.79. The van der Waals surface area contributed by atoms with Gasteiger partial charge >= 0.3 is 0 Å². The van der Waals surface area contributed by atoms with E-state index in [0.717, 1.165) is 6.04 Å². The van der Waals surface area contributed by atoms with Crippen molar-refractivity contribution in [2.45, 2.75) is 95.8 Å². The van der Waals surface area contributed by atoms with Crippen molar-refractivity contribution in [2.75, 3.05) is 6.54 Å². The molecule has 3 saturated carbocycles. The lowest BCUT2D eigenvalue weighted by molar-refractivity contribution is -0.166. The molecule has 1 spiro atoms. The van der Waals surface area contributed by atoms with Crippen LogP contribution in [0, 0.1) is 5.41 Å². The minimum absolute atomic E-state index is 0.520. The van der Waals surface area contributed by atoms with E-state index >= 15 is 0 Å². The predicted octanol–water partition coefficient (Wildman–Crippen LogP) is 4.04. The third kappa shape index (κ3) is 2.71. The summed E-state index contributed by atoms with van der Waals surface area (Å²) in [6.07, 6.45) is 16.2. The summed E-state index contributed by atoms with van der Waals surface area (Å²) in [4.78, 5) is 0. The Labute approximate surface area is 118 Å². The molecule has 2 heteroatoms. The van der Waals surface area contributed by atoms with Crippen molar-refractivity contribution in [3.05, 3.63) is 0 Å². The predicted molar refractivity (Wildman–Crippen MR) is 79.3 cm³/mol. The third-order valence-corrected chi connectivity index (χ3v) is 5.87. The van der Waals surface area contributed by atoms with Crippen molar-refractivity contribution >= 4 is 0 Å². The van der Waals surface area contributed by atoms with Crippen LogP contribution in [0.15, 0.2) is 0 Å². The number of hydrogen-bond acceptors (Lipinski definition) is 2. The van der Waals surface area contributed by atoms with Gasteiger partial charge in [-0.15, -0.1) is 0 Å². The van der Waals surface area contributed by atoms with E-state index in [1.807, 2.05) is 0 Å². The van der Waals surface area contributed by atoms with E-state index in [-0.39, 0.29) is 0 Å². The van der Waals surface area contributed by atoms with Crippen LogP contribution >= 0.6 is 0 Å². The second-order valence-electron chi connectivity index (χ2n) is 7.07. The standard InChI is InChI=1S/C17H31NO/c1-2-12-18-15-13-16(17(15)10-6-7-11-17)19-14-8-4-3-5-9-14/h14-16,18H,2-13H2,1H3. The summed E-state index contributed by atoms with van der Waals surface area (Å²) in [5.41, 5.74) is 0.520. The Morgan fingerprint density at radius 3 is 2.47 bits per heavy atom. The quantitative estimate of drug-likeness (QED) is 0.810. The molecular weight excluding hydrogens is 234 g/mol. The van der Waals surface area contributed by atoms with Crippen LogP contribution in [0.1, 0.15) is 77.6 Å². The Kier molecular flexibility index (Phi) is 4.48. The Morgan fingerprint density at radius 1 is 1.05 bits per heavy atom. The highest BCUT2D eigenvalue weighted by Gasteiger charge is 2.56. The zero-order chi connectivity index (χ0) is 13.1. The summed E-state index contributed by atoms with van der Waals surface area (Å²) in [5.74, 6) is 0. The monoisotopic (exact) mass is 265 g/mol. The fourth-order valence-corrected chi connectivity index (χ4v) is 4.68. The molecule has 0 aromatic rings. The second kappa shape index (κ2) is 6.13. The van der Waals surface area contributed by atoms with Gasteiger partial charge in [-0.05, 0) is 45.1 Å². The van der Waals surface area contributed by atoms with Gasteiger partial charge in [-0.25, -0.2) is 0 Å². The third-order valence-electron chi connectivity index (χ3n) is 5.87. The van der Waals surface area contributed by atoms with Crippen LogP contribution < -0.4 is 5.32 Å². The molecule has 3 fully saturated rings. The van der Waals surface area contributed by atoms with Crippen molar-refractivity contribution < 1.29 is 4.74 Å². The molecule has 19 heavy (non-hydrogen) atoms. The van der Waals surface area contributed by atoms with E-state index in [0.29, 0.717) is 17.6 Å². The Morgan fingerprint density at radius 2 is 1.79 bits per heavy atom. The van der Waals surface area contributed by atoms with E-state index in [9.17, 15) is 0 Å². The average molecular weight is 265 g/mol. The highest BCUT2D eigenvalue weighted by Crippen LogP contribution is 2.55. The molecule has 2 atom stereocenters. The first kappa shape index (κ1) is 13.9. The molecule has 0 amide bonds. The Bertz CT molecular complexity index is 279. The van der Waals surface area contributed by atoms with E-state index in [1.165, 1.54) is 77.2 Å². The lowest BCUT2D eigenvalue weighted by atomic mass is 9.60. The molecule has 3 aliphatic carbocycles. The van der Waals surface area contributed by atoms with Gasteiger partial charge in [-0.3, -0.25) is 0 Å². The van der Waals surface area contributed by atoms with Crippen LogP contribution in [0.25, 0.3) is 0 Å². The maximum Gasteiger partial charge on any atom is 0.0665 e. The molecule has 1 N–H and O–H groups in total. The van der Waals surface area contributed by atoms with Crippen molar-refractivity contribution in [3.63, 3.8) is 0 Å². The van der Waals surface area contributed by atoms with Gasteiger partial charge in [0.15, 0.2) is 0 Å². The van der Waals surface area contributed by atoms with Gasteiger partial charge in [0, 0.05) is 11.5 Å². The second-order valence-corrected chi connectivity index (χ2v) is 7.07. The molecule has 0 aromatic carbocycles. The van der Waals surface area contributed by atoms with Crippen LogP contribution in [0.3, 0.4) is 0 Å². The van der Waals surface area contributed by atoms with Gasteiger partial charge in [0.05, 0.1) is 12.2 Å². The molecule has 0 aromatic heterocycles. The Hall–Kier alpha value is -0.0800. The van der Waals surface area contributed by atoms with Crippen LogP contribution in [0.4, 0.5) is 0 Å². The van der Waals surface area contributed by atoms with Crippen molar-refractivity contribution in [1.82, 2.24) is 5.32 Å². The van der Waals surface area contributed by atoms with E-state index in [2.05, 4.69) is 12.2 Å². The largest absolute Gasteiger partial charge is 0.374 e. The summed E-state index contributed by atoms with van der Waals surface area (Å²) in [7, 11) is 0. The van der Waals surface area contributed by atoms with E-state index in [1.54, 1.807) is 0 Å². The lowest BCUT2D eigenvalue weighted by Gasteiger charge is -2.55. The average Bonchev–Trinajstić information content (AvgIpc) is 2.95. The molecule has 110 valence electrons. The highest BCUT2D eigenvalue weighted by molar-refractivity contribution is 5.10. The van der Waals surface area contributed by atoms with Gasteiger partial charge in [0.25, 0.3) is 0 Å². The maximum absolute atomic E-state index is 6.54. The SMILES string of the molecule is CCCNC1CC(OC2CCCCC2)C12CCCC2. The van der Waals surface area contributed by atoms with Gasteiger partial charge in [-0.2, -0.15) is 0 Å². The van der Waals surface area contributed by atoms with E-state index in [4.69, 9.17) is 4.74 Å². The van der Waals surface area contributed by atoms with Gasteiger partial charge in [-0.1, -0.05) is 39.0 Å². The topological polar surface area (TPSA) is 21.3 Å². The molecule has 0 saturated heterocycles. The van der Waals surface area contributed by atoms with Crippen LogP contribution in [-0.4, -0.2) is 24.8 Å². The number of nitrogens with one attached hydrogen (secondary N) is 1. The van der Waals surface area contributed by atoms with Gasteiger partial charge in [0.1, 0.15) is 0 Å². The highest BCUT2D eigenvalue weighted by atomic mass is 16.5. The molecule has 2 nitrogen and oxygen atoms in total. The number of ether oxygens (including phenoxy) is 1. The van der Waals surface area contributed by atoms with Crippen LogP contribution in [-0.2, 0) is 4.74 Å². The number of hydrogen-bond donors (Lipinski definition) is 1. The fourth-order valence-electron chi connectivity index (χ4n) is 4.68. The van der Waals surface area contributed by atoms with E-state index < -0.39 is 0 Å². The molecule has 0 radical (unpaired) electrons. The summed E-state index contributed by atoms with van der Waals surface area (Å²) in [6.45, 7) is 3.45. The van der Waals surface area contributed by atoms with Crippen molar-refractivity contribution in [2.24, 2.45) is 5.41 Å². The molecule has 0 bridgehead atoms. The molecule has 2 unspecified atom stereocenters. The molecule has 0 aliphatic heterocycles. The summed E-state index contributed by atoms with van der Waals surface area (Å²) >= 11 is 0. The zero-order valence-electron chi connectivity index (χ0n) is 12.6.